The van der Waals surface area contributed by atoms with Crippen LogP contribution in [0.25, 0.3) is 5.65 Å². The van der Waals surface area contributed by atoms with Gasteiger partial charge in [-0.05, 0) is 49.6 Å². The maximum Gasteiger partial charge on any atom is 0.252 e. The van der Waals surface area contributed by atoms with Crippen molar-refractivity contribution in [3.05, 3.63) is 71.9 Å². The molecule has 0 atom stereocenters. The van der Waals surface area contributed by atoms with Gasteiger partial charge in [0.25, 0.3) is 5.91 Å². The molecular formula is C20H19N7O2. The third-order valence-corrected chi connectivity index (χ3v) is 5.23. The number of pyridine rings is 1. The van der Waals surface area contributed by atoms with E-state index in [1.807, 2.05) is 41.1 Å². The number of ether oxygens (including phenoxy) is 1. The van der Waals surface area contributed by atoms with Gasteiger partial charge < -0.3 is 14.5 Å². The summed E-state index contributed by atoms with van der Waals surface area (Å²) in [5.41, 5.74) is 1.66. The Hall–Kier alpha value is -3.75. The lowest BCUT2D eigenvalue weighted by Gasteiger charge is -2.39. The Balaban J connectivity index is 1.28. The summed E-state index contributed by atoms with van der Waals surface area (Å²) in [6, 6.07) is 12.9. The third kappa shape index (κ3) is 3.31. The van der Waals surface area contributed by atoms with Gasteiger partial charge in [0.2, 0.25) is 0 Å². The molecule has 0 saturated heterocycles. The number of H-pyrrole nitrogens is 1. The van der Waals surface area contributed by atoms with Crippen molar-refractivity contribution in [2.45, 2.75) is 31.4 Å². The van der Waals surface area contributed by atoms with E-state index in [0.717, 1.165) is 30.6 Å². The number of tetrazole rings is 1. The zero-order valence-corrected chi connectivity index (χ0v) is 15.6. The lowest BCUT2D eigenvalue weighted by atomic mass is 9.76. The van der Waals surface area contributed by atoms with Gasteiger partial charge in [0.15, 0.2) is 5.82 Å². The highest BCUT2D eigenvalue weighted by Gasteiger charge is 2.43. The SMILES string of the molecule is O=C(NC1(c2nn[nH]n2)CCC1)c1cccc(OCc2cn3ccccc3n2)c1. The maximum absolute atomic E-state index is 12.8. The minimum absolute atomic E-state index is 0.187. The van der Waals surface area contributed by atoms with Crippen LogP contribution in [0.15, 0.2) is 54.9 Å². The molecule has 0 unspecified atom stereocenters. The van der Waals surface area contributed by atoms with Gasteiger partial charge in [0.1, 0.15) is 23.5 Å². The first kappa shape index (κ1) is 17.4. The lowest BCUT2D eigenvalue weighted by molar-refractivity contribution is 0.0808. The molecular weight excluding hydrogens is 370 g/mol. The minimum Gasteiger partial charge on any atom is -0.487 e. The molecule has 0 aliphatic heterocycles. The van der Waals surface area contributed by atoms with Crippen LogP contribution >= 0.6 is 0 Å². The Kier molecular flexibility index (Phi) is 4.19. The fourth-order valence-electron chi connectivity index (χ4n) is 3.53. The summed E-state index contributed by atoms with van der Waals surface area (Å²) in [6.45, 7) is 0.319. The minimum atomic E-state index is -0.544. The van der Waals surface area contributed by atoms with Crippen molar-refractivity contribution >= 4 is 11.6 Å². The van der Waals surface area contributed by atoms with Crippen LogP contribution in [0.3, 0.4) is 0 Å². The highest BCUT2D eigenvalue weighted by atomic mass is 16.5. The molecule has 29 heavy (non-hydrogen) atoms. The van der Waals surface area contributed by atoms with E-state index in [-0.39, 0.29) is 5.91 Å². The normalized spacial score (nSPS) is 15.0. The van der Waals surface area contributed by atoms with E-state index < -0.39 is 5.54 Å². The van der Waals surface area contributed by atoms with Gasteiger partial charge in [-0.1, -0.05) is 17.3 Å². The van der Waals surface area contributed by atoms with Crippen LogP contribution in [0, 0.1) is 0 Å². The summed E-state index contributed by atoms with van der Waals surface area (Å²) >= 11 is 0. The Bertz CT molecular complexity index is 1120. The molecule has 5 rings (SSSR count). The highest BCUT2D eigenvalue weighted by molar-refractivity contribution is 5.95. The number of amides is 1. The first-order valence-corrected chi connectivity index (χ1v) is 9.44. The number of hydrogen-bond acceptors (Lipinski definition) is 6. The monoisotopic (exact) mass is 389 g/mol. The smallest absolute Gasteiger partial charge is 0.252 e. The second-order valence-corrected chi connectivity index (χ2v) is 7.14. The molecule has 9 nitrogen and oxygen atoms in total. The number of hydrogen-bond donors (Lipinski definition) is 2. The first-order valence-electron chi connectivity index (χ1n) is 9.44. The van der Waals surface area contributed by atoms with Gasteiger partial charge >= 0.3 is 0 Å². The molecule has 1 fully saturated rings. The van der Waals surface area contributed by atoms with Crippen LogP contribution in [0.5, 0.6) is 5.75 Å². The number of rotatable bonds is 6. The van der Waals surface area contributed by atoms with Gasteiger partial charge in [0, 0.05) is 18.0 Å². The molecule has 9 heteroatoms. The molecule has 0 bridgehead atoms. The fraction of sp³-hybridized carbons (Fsp3) is 0.250. The average Bonchev–Trinajstić information content (AvgIpc) is 3.39. The Morgan fingerprint density at radius 1 is 1.24 bits per heavy atom. The van der Waals surface area contributed by atoms with Crippen molar-refractivity contribution in [2.24, 2.45) is 0 Å². The number of fused-ring (bicyclic) bond motifs is 1. The van der Waals surface area contributed by atoms with E-state index in [1.165, 1.54) is 0 Å². The van der Waals surface area contributed by atoms with E-state index >= 15 is 0 Å². The molecule has 1 aliphatic rings. The molecule has 1 saturated carbocycles. The van der Waals surface area contributed by atoms with E-state index in [2.05, 4.69) is 30.9 Å². The highest BCUT2D eigenvalue weighted by Crippen LogP contribution is 2.39. The summed E-state index contributed by atoms with van der Waals surface area (Å²) in [5, 5.41) is 17.3. The van der Waals surface area contributed by atoms with E-state index in [9.17, 15) is 4.79 Å². The summed E-state index contributed by atoms with van der Waals surface area (Å²) in [5.74, 6) is 0.945. The molecule has 4 aromatic rings. The molecule has 0 radical (unpaired) electrons. The molecule has 3 aromatic heterocycles. The maximum atomic E-state index is 12.8. The van der Waals surface area contributed by atoms with Gasteiger partial charge in [0.05, 0.1) is 5.69 Å². The molecule has 0 spiro atoms. The molecule has 2 N–H and O–H groups in total. The van der Waals surface area contributed by atoms with Crippen LogP contribution in [-0.2, 0) is 12.1 Å². The van der Waals surface area contributed by atoms with Crippen molar-refractivity contribution in [2.75, 3.05) is 0 Å². The topological polar surface area (TPSA) is 110 Å². The summed E-state index contributed by atoms with van der Waals surface area (Å²) < 4.78 is 7.80. The predicted molar refractivity (Wildman–Crippen MR) is 103 cm³/mol. The van der Waals surface area contributed by atoms with Crippen molar-refractivity contribution in [3.8, 4) is 5.75 Å². The number of carbonyl (C=O) groups is 1. The fourth-order valence-corrected chi connectivity index (χ4v) is 3.53. The van der Waals surface area contributed by atoms with Crippen molar-refractivity contribution in [3.63, 3.8) is 0 Å². The van der Waals surface area contributed by atoms with Crippen molar-refractivity contribution < 1.29 is 9.53 Å². The first-order chi connectivity index (χ1) is 14.2. The third-order valence-electron chi connectivity index (χ3n) is 5.23. The number of aromatic amines is 1. The number of imidazole rings is 1. The second-order valence-electron chi connectivity index (χ2n) is 7.14. The molecule has 146 valence electrons. The van der Waals surface area contributed by atoms with Gasteiger partial charge in [-0.2, -0.15) is 5.21 Å². The quantitative estimate of drug-likeness (QED) is 0.523. The predicted octanol–water partition coefficient (Wildman–Crippen LogP) is 2.24. The Morgan fingerprint density at radius 2 is 2.17 bits per heavy atom. The largest absolute Gasteiger partial charge is 0.487 e. The van der Waals surface area contributed by atoms with Crippen LogP contribution < -0.4 is 10.1 Å². The van der Waals surface area contributed by atoms with Gasteiger partial charge in [-0.3, -0.25) is 4.79 Å². The van der Waals surface area contributed by atoms with Crippen molar-refractivity contribution in [1.82, 2.24) is 35.3 Å². The Labute approximate surface area is 166 Å². The average molecular weight is 389 g/mol. The molecule has 1 aliphatic carbocycles. The van der Waals surface area contributed by atoms with Crippen LogP contribution in [0.2, 0.25) is 0 Å². The number of nitrogens with zero attached hydrogens (tertiary/aromatic N) is 5. The van der Waals surface area contributed by atoms with Crippen LogP contribution in [0.4, 0.5) is 0 Å². The second kappa shape index (κ2) is 7.01. The summed E-state index contributed by atoms with van der Waals surface area (Å²) in [6.07, 6.45) is 6.47. The summed E-state index contributed by atoms with van der Waals surface area (Å²) in [4.78, 5) is 17.3. The molecule has 3 heterocycles. The zero-order valence-electron chi connectivity index (χ0n) is 15.6. The lowest BCUT2D eigenvalue weighted by Crippen LogP contribution is -2.51. The van der Waals surface area contributed by atoms with E-state index in [1.54, 1.807) is 18.2 Å². The van der Waals surface area contributed by atoms with E-state index in [0.29, 0.717) is 23.7 Å². The Morgan fingerprint density at radius 3 is 2.93 bits per heavy atom. The number of nitrogens with one attached hydrogen (secondary N) is 2. The number of carbonyl (C=O) groups excluding carboxylic acids is 1. The van der Waals surface area contributed by atoms with Gasteiger partial charge in [-0.15, -0.1) is 10.2 Å². The number of benzene rings is 1. The molecule has 1 aromatic carbocycles. The zero-order chi connectivity index (χ0) is 19.7. The van der Waals surface area contributed by atoms with Crippen LogP contribution in [-0.4, -0.2) is 35.9 Å². The standard InChI is InChI=1S/C20H19N7O2/c28-18(22-20(8-4-9-20)19-23-25-26-24-19)14-5-3-6-16(11-14)29-13-15-12-27-10-2-1-7-17(27)21-15/h1-3,5-7,10-12H,4,8-9,13H2,(H,22,28)(H,23,24,25,26). The van der Waals surface area contributed by atoms with Gasteiger partial charge in [-0.25, -0.2) is 4.98 Å². The number of aromatic nitrogens is 6. The van der Waals surface area contributed by atoms with E-state index in [4.69, 9.17) is 4.74 Å². The summed E-state index contributed by atoms with van der Waals surface area (Å²) in [7, 11) is 0. The molecule has 1 amide bonds. The van der Waals surface area contributed by atoms with Crippen molar-refractivity contribution in [1.29, 1.82) is 0 Å². The van der Waals surface area contributed by atoms with Crippen LogP contribution in [0.1, 0.15) is 41.1 Å².